The van der Waals surface area contributed by atoms with Crippen molar-refractivity contribution in [1.82, 2.24) is 0 Å². The van der Waals surface area contributed by atoms with Crippen LogP contribution in [-0.4, -0.2) is 17.8 Å². The van der Waals surface area contributed by atoms with Crippen LogP contribution in [0.1, 0.15) is 10.9 Å². The highest BCUT2D eigenvalue weighted by Gasteiger charge is 2.30. The van der Waals surface area contributed by atoms with Crippen molar-refractivity contribution in [2.24, 2.45) is 0 Å². The molecule has 0 unspecified atom stereocenters. The van der Waals surface area contributed by atoms with E-state index >= 15 is 0 Å². The number of carboxylic acids is 1. The molecule has 14 heavy (non-hydrogen) atoms. The Morgan fingerprint density at radius 3 is 2.71 bits per heavy atom. The minimum atomic E-state index is -0.962. The summed E-state index contributed by atoms with van der Waals surface area (Å²) in [5.41, 5.74) is 1.17. The van der Waals surface area contributed by atoms with E-state index < -0.39 is 12.0 Å². The zero-order valence-electron chi connectivity index (χ0n) is 7.55. The Morgan fingerprint density at radius 2 is 2.14 bits per heavy atom. The molecule has 1 fully saturated rings. The van der Waals surface area contributed by atoms with Crippen molar-refractivity contribution in [3.05, 3.63) is 35.9 Å². The van der Waals surface area contributed by atoms with E-state index in [0.717, 1.165) is 0 Å². The van der Waals surface area contributed by atoms with Crippen molar-refractivity contribution >= 4 is 17.7 Å². The van der Waals surface area contributed by atoms with E-state index in [1.807, 2.05) is 35.6 Å². The lowest BCUT2D eigenvalue weighted by Gasteiger charge is -2.10. The smallest absolute Gasteiger partial charge is 0.159 e. The molecule has 2 atom stereocenters. The lowest BCUT2D eigenvalue weighted by Crippen LogP contribution is -2.90. The van der Waals surface area contributed by atoms with Gasteiger partial charge in [0, 0.05) is 5.56 Å². The van der Waals surface area contributed by atoms with Crippen molar-refractivity contribution in [1.29, 1.82) is 0 Å². The number of rotatable bonds is 2. The van der Waals surface area contributed by atoms with Crippen LogP contribution in [0.4, 0.5) is 0 Å². The fourth-order valence-corrected chi connectivity index (χ4v) is 2.84. The van der Waals surface area contributed by atoms with Crippen molar-refractivity contribution in [3.63, 3.8) is 0 Å². The third kappa shape index (κ3) is 1.91. The molecular weight excluding hydrogens is 198 g/mol. The lowest BCUT2D eigenvalue weighted by molar-refractivity contribution is -0.690. The number of quaternary nitrogens is 1. The maximum Gasteiger partial charge on any atom is 0.159 e. The molecule has 1 aromatic carbocycles. The van der Waals surface area contributed by atoms with Crippen LogP contribution in [-0.2, 0) is 4.79 Å². The lowest BCUT2D eigenvalue weighted by atomic mass is 10.2. The number of carbonyl (C=O) groups excluding carboxylic acids is 1. The highest BCUT2D eigenvalue weighted by atomic mass is 32.2. The van der Waals surface area contributed by atoms with Gasteiger partial charge < -0.3 is 15.2 Å². The molecule has 1 aliphatic rings. The van der Waals surface area contributed by atoms with Gasteiger partial charge in [-0.25, -0.2) is 0 Å². The van der Waals surface area contributed by atoms with Gasteiger partial charge in [0.1, 0.15) is 12.0 Å². The summed E-state index contributed by atoms with van der Waals surface area (Å²) in [6, 6.07) is 9.54. The van der Waals surface area contributed by atoms with Crippen LogP contribution < -0.4 is 10.4 Å². The monoisotopic (exact) mass is 209 g/mol. The third-order valence-electron chi connectivity index (χ3n) is 2.29. The van der Waals surface area contributed by atoms with E-state index in [0.29, 0.717) is 5.75 Å². The Balaban J connectivity index is 2.06. The van der Waals surface area contributed by atoms with Gasteiger partial charge in [-0.05, 0) is 0 Å². The molecule has 2 rings (SSSR count). The molecule has 2 N–H and O–H groups in total. The largest absolute Gasteiger partial charge is 0.544 e. The van der Waals surface area contributed by atoms with Gasteiger partial charge in [-0.3, -0.25) is 0 Å². The molecule has 1 saturated heterocycles. The summed E-state index contributed by atoms with van der Waals surface area (Å²) >= 11 is 1.66. The molecule has 0 aromatic heterocycles. The Hall–Kier alpha value is -1.00. The molecule has 74 valence electrons. The first-order chi connectivity index (χ1) is 6.77. The number of thioether (sulfide) groups is 1. The highest BCUT2D eigenvalue weighted by molar-refractivity contribution is 7.99. The maximum absolute atomic E-state index is 10.6. The van der Waals surface area contributed by atoms with E-state index in [1.54, 1.807) is 11.8 Å². The second kappa shape index (κ2) is 4.02. The van der Waals surface area contributed by atoms with Crippen molar-refractivity contribution in [2.45, 2.75) is 11.4 Å². The van der Waals surface area contributed by atoms with E-state index in [9.17, 15) is 9.90 Å². The van der Waals surface area contributed by atoms with E-state index in [2.05, 4.69) is 0 Å². The first kappa shape index (κ1) is 9.55. The molecule has 0 radical (unpaired) electrons. The Kier molecular flexibility index (Phi) is 2.74. The Labute approximate surface area is 86.5 Å². The average molecular weight is 209 g/mol. The number of benzene rings is 1. The van der Waals surface area contributed by atoms with Crippen LogP contribution in [0.25, 0.3) is 0 Å². The molecule has 4 heteroatoms. The van der Waals surface area contributed by atoms with Gasteiger partial charge in [-0.15, -0.1) is 0 Å². The summed E-state index contributed by atoms with van der Waals surface area (Å²) in [6.45, 7) is 0. The SMILES string of the molecule is O=C([O-])[C@@H]1CS[C@H](c2ccccc2)[NH2+]1. The van der Waals surface area contributed by atoms with E-state index in [4.69, 9.17) is 0 Å². The number of carbonyl (C=O) groups is 1. The molecule has 3 nitrogen and oxygen atoms in total. The summed E-state index contributed by atoms with van der Waals surface area (Å²) in [6.07, 6.45) is 0. The summed E-state index contributed by atoms with van der Waals surface area (Å²) in [5, 5.41) is 12.7. The van der Waals surface area contributed by atoms with Crippen molar-refractivity contribution < 1.29 is 15.2 Å². The molecule has 0 bridgehead atoms. The maximum atomic E-state index is 10.6. The van der Waals surface area contributed by atoms with Gasteiger partial charge in [0.05, 0.1) is 5.75 Å². The minimum Gasteiger partial charge on any atom is -0.544 e. The van der Waals surface area contributed by atoms with Crippen LogP contribution >= 0.6 is 11.8 Å². The van der Waals surface area contributed by atoms with Gasteiger partial charge in [-0.1, -0.05) is 42.1 Å². The second-order valence-corrected chi connectivity index (χ2v) is 4.46. The zero-order valence-corrected chi connectivity index (χ0v) is 8.37. The molecule has 0 saturated carbocycles. The molecule has 0 spiro atoms. The van der Waals surface area contributed by atoms with Crippen LogP contribution in [0.3, 0.4) is 0 Å². The van der Waals surface area contributed by atoms with Crippen LogP contribution in [0.2, 0.25) is 0 Å². The summed E-state index contributed by atoms with van der Waals surface area (Å²) in [7, 11) is 0. The molecule has 1 aromatic rings. The minimum absolute atomic E-state index is 0.208. The summed E-state index contributed by atoms with van der Waals surface area (Å²) < 4.78 is 0. The predicted molar refractivity (Wildman–Crippen MR) is 52.4 cm³/mol. The number of hydrogen-bond donors (Lipinski definition) is 1. The fraction of sp³-hybridized carbons (Fsp3) is 0.300. The normalized spacial score (nSPS) is 26.3. The van der Waals surface area contributed by atoms with Gasteiger partial charge >= 0.3 is 0 Å². The second-order valence-electron chi connectivity index (χ2n) is 3.28. The van der Waals surface area contributed by atoms with Crippen LogP contribution in [0, 0.1) is 0 Å². The van der Waals surface area contributed by atoms with Crippen LogP contribution in [0.15, 0.2) is 30.3 Å². The average Bonchev–Trinajstić information content (AvgIpc) is 2.68. The number of aliphatic carboxylic acids is 1. The number of nitrogens with two attached hydrogens (primary N) is 1. The molecule has 0 amide bonds. The topological polar surface area (TPSA) is 56.7 Å². The Morgan fingerprint density at radius 1 is 1.43 bits per heavy atom. The zero-order chi connectivity index (χ0) is 9.97. The molecule has 1 aliphatic heterocycles. The molecule has 1 heterocycles. The quantitative estimate of drug-likeness (QED) is 0.687. The van der Waals surface area contributed by atoms with Gasteiger partial charge in [0.15, 0.2) is 5.37 Å². The summed E-state index contributed by atoms with van der Waals surface area (Å²) in [4.78, 5) is 10.6. The highest BCUT2D eigenvalue weighted by Crippen LogP contribution is 2.26. The Bertz CT molecular complexity index is 328. The predicted octanol–water partition coefficient (Wildman–Crippen LogP) is -0.886. The van der Waals surface area contributed by atoms with Gasteiger partial charge in [0.25, 0.3) is 0 Å². The molecule has 0 aliphatic carbocycles. The van der Waals surface area contributed by atoms with E-state index in [1.165, 1.54) is 5.56 Å². The summed E-state index contributed by atoms with van der Waals surface area (Å²) in [5.74, 6) is -0.335. The van der Waals surface area contributed by atoms with Crippen molar-refractivity contribution in [3.8, 4) is 0 Å². The number of hydrogen-bond acceptors (Lipinski definition) is 3. The van der Waals surface area contributed by atoms with Crippen LogP contribution in [0.5, 0.6) is 0 Å². The molecular formula is C10H11NO2S. The van der Waals surface area contributed by atoms with Gasteiger partial charge in [-0.2, -0.15) is 0 Å². The first-order valence-corrected chi connectivity index (χ1v) is 5.54. The van der Waals surface area contributed by atoms with Gasteiger partial charge in [0.2, 0.25) is 0 Å². The fourth-order valence-electron chi connectivity index (χ4n) is 1.53. The standard InChI is InChI=1S/C10H11NO2S/c12-10(13)8-6-14-9(11-8)7-4-2-1-3-5-7/h1-5,8-9,11H,6H2,(H,12,13)/t8-,9+/m0/s1. The third-order valence-corrected chi connectivity index (χ3v) is 3.63. The number of carboxylic acid groups (broad SMARTS) is 1. The van der Waals surface area contributed by atoms with Crippen molar-refractivity contribution in [2.75, 3.05) is 5.75 Å². The first-order valence-electron chi connectivity index (χ1n) is 4.50. The van der Waals surface area contributed by atoms with E-state index in [-0.39, 0.29) is 5.37 Å².